The van der Waals surface area contributed by atoms with E-state index in [1.807, 2.05) is 31.2 Å². The highest BCUT2D eigenvalue weighted by molar-refractivity contribution is 14.1. The fourth-order valence-electron chi connectivity index (χ4n) is 1.90. The molecule has 2 rings (SSSR count). The SMILES string of the molecule is COc1ccc(C(C)=NNC(=O)c2ccc(OC)c(I)c2)cc1. The van der Waals surface area contributed by atoms with E-state index in [1.165, 1.54) is 0 Å². The first-order valence-corrected chi connectivity index (χ1v) is 7.95. The average Bonchev–Trinajstić information content (AvgIpc) is 2.59. The van der Waals surface area contributed by atoms with Crippen LogP contribution in [0.25, 0.3) is 0 Å². The molecule has 0 bridgehead atoms. The number of carbonyl (C=O) groups excluding carboxylic acids is 1. The van der Waals surface area contributed by atoms with E-state index in [9.17, 15) is 4.79 Å². The van der Waals surface area contributed by atoms with Crippen LogP contribution >= 0.6 is 22.6 Å². The van der Waals surface area contributed by atoms with Gasteiger partial charge in [-0.25, -0.2) is 5.43 Å². The van der Waals surface area contributed by atoms with Crippen molar-refractivity contribution >= 4 is 34.2 Å². The highest BCUT2D eigenvalue weighted by Gasteiger charge is 2.08. The molecule has 0 aliphatic heterocycles. The third kappa shape index (κ3) is 4.44. The lowest BCUT2D eigenvalue weighted by atomic mass is 10.1. The summed E-state index contributed by atoms with van der Waals surface area (Å²) in [6, 6.07) is 12.7. The summed E-state index contributed by atoms with van der Waals surface area (Å²) in [6.07, 6.45) is 0. The van der Waals surface area contributed by atoms with Gasteiger partial charge in [-0.2, -0.15) is 5.10 Å². The van der Waals surface area contributed by atoms with Crippen molar-refractivity contribution in [2.45, 2.75) is 6.92 Å². The van der Waals surface area contributed by atoms with E-state index in [4.69, 9.17) is 9.47 Å². The molecule has 0 spiro atoms. The van der Waals surface area contributed by atoms with Crippen LogP contribution in [0.5, 0.6) is 11.5 Å². The summed E-state index contributed by atoms with van der Waals surface area (Å²) in [6.45, 7) is 1.83. The van der Waals surface area contributed by atoms with Crippen molar-refractivity contribution in [3.63, 3.8) is 0 Å². The number of methoxy groups -OCH3 is 2. The number of benzene rings is 2. The number of amides is 1. The number of hydrogen-bond donors (Lipinski definition) is 1. The number of nitrogens with one attached hydrogen (secondary N) is 1. The highest BCUT2D eigenvalue weighted by Crippen LogP contribution is 2.21. The molecular formula is C17H17IN2O3. The standard InChI is InChI=1S/C17H17IN2O3/c1-11(12-4-7-14(22-2)8-5-12)19-20-17(21)13-6-9-16(23-3)15(18)10-13/h4-10H,1-3H3,(H,20,21). The first-order valence-electron chi connectivity index (χ1n) is 6.87. The molecule has 0 heterocycles. The summed E-state index contributed by atoms with van der Waals surface area (Å²) in [5.41, 5.74) is 4.72. The number of carbonyl (C=O) groups is 1. The van der Waals surface area contributed by atoms with Gasteiger partial charge >= 0.3 is 0 Å². The number of nitrogens with zero attached hydrogens (tertiary/aromatic N) is 1. The molecule has 1 N–H and O–H groups in total. The number of rotatable bonds is 5. The zero-order chi connectivity index (χ0) is 16.8. The maximum atomic E-state index is 12.2. The van der Waals surface area contributed by atoms with Crippen LogP contribution in [-0.4, -0.2) is 25.8 Å². The molecule has 2 aromatic rings. The lowest BCUT2D eigenvalue weighted by Gasteiger charge is -2.06. The topological polar surface area (TPSA) is 59.9 Å². The van der Waals surface area contributed by atoms with Crippen LogP contribution in [0, 0.1) is 3.57 Å². The molecule has 1 amide bonds. The van der Waals surface area contributed by atoms with Crippen LogP contribution < -0.4 is 14.9 Å². The Bertz CT molecular complexity index is 727. The van der Waals surface area contributed by atoms with Crippen LogP contribution in [-0.2, 0) is 0 Å². The van der Waals surface area contributed by atoms with Gasteiger partial charge in [0.15, 0.2) is 0 Å². The minimum absolute atomic E-state index is 0.265. The van der Waals surface area contributed by atoms with Gasteiger partial charge in [-0.15, -0.1) is 0 Å². The third-order valence-corrected chi connectivity index (χ3v) is 4.09. The van der Waals surface area contributed by atoms with E-state index in [2.05, 4.69) is 33.1 Å². The molecule has 0 aliphatic rings. The summed E-state index contributed by atoms with van der Waals surface area (Å²) >= 11 is 2.12. The fraction of sp³-hybridized carbons (Fsp3) is 0.176. The first kappa shape index (κ1) is 17.3. The van der Waals surface area contributed by atoms with Crippen LogP contribution in [0.1, 0.15) is 22.8 Å². The Kier molecular flexibility index (Phi) is 5.97. The van der Waals surface area contributed by atoms with Gasteiger partial charge in [0.05, 0.1) is 23.5 Å². The highest BCUT2D eigenvalue weighted by atomic mass is 127. The summed E-state index contributed by atoms with van der Waals surface area (Å²) < 4.78 is 11.2. The summed E-state index contributed by atoms with van der Waals surface area (Å²) in [4.78, 5) is 12.2. The van der Waals surface area contributed by atoms with Crippen LogP contribution in [0.15, 0.2) is 47.6 Å². The molecule has 5 nitrogen and oxygen atoms in total. The van der Waals surface area contributed by atoms with Crippen molar-refractivity contribution in [3.05, 3.63) is 57.2 Å². The van der Waals surface area contributed by atoms with Gasteiger partial charge in [0.2, 0.25) is 0 Å². The van der Waals surface area contributed by atoms with Crippen molar-refractivity contribution in [2.75, 3.05) is 14.2 Å². The Morgan fingerprint density at radius 2 is 1.70 bits per heavy atom. The quantitative estimate of drug-likeness (QED) is 0.455. The molecule has 0 fully saturated rings. The largest absolute Gasteiger partial charge is 0.497 e. The third-order valence-electron chi connectivity index (χ3n) is 3.25. The zero-order valence-electron chi connectivity index (χ0n) is 13.1. The van der Waals surface area contributed by atoms with Crippen LogP contribution in [0.2, 0.25) is 0 Å². The predicted molar refractivity (Wildman–Crippen MR) is 98.4 cm³/mol. The molecule has 0 saturated heterocycles. The number of hydrazone groups is 1. The Balaban J connectivity index is 2.08. The zero-order valence-corrected chi connectivity index (χ0v) is 15.2. The molecular weight excluding hydrogens is 407 g/mol. The minimum Gasteiger partial charge on any atom is -0.497 e. The Morgan fingerprint density at radius 3 is 2.26 bits per heavy atom. The normalized spacial score (nSPS) is 11.0. The number of ether oxygens (including phenoxy) is 2. The first-order chi connectivity index (χ1) is 11.0. The molecule has 6 heteroatoms. The maximum absolute atomic E-state index is 12.2. The number of hydrogen-bond acceptors (Lipinski definition) is 4. The molecule has 0 aromatic heterocycles. The van der Waals surface area contributed by atoms with Gasteiger partial charge < -0.3 is 9.47 Å². The molecule has 0 unspecified atom stereocenters. The Labute approximate surface area is 148 Å². The van der Waals surface area contributed by atoms with Gasteiger partial charge in [-0.1, -0.05) is 0 Å². The van der Waals surface area contributed by atoms with Crippen molar-refractivity contribution < 1.29 is 14.3 Å². The average molecular weight is 424 g/mol. The summed E-state index contributed by atoms with van der Waals surface area (Å²) in [5, 5.41) is 4.14. The van der Waals surface area contributed by atoms with Crippen molar-refractivity contribution in [1.29, 1.82) is 0 Å². The Hall–Kier alpha value is -2.09. The molecule has 0 radical (unpaired) electrons. The van der Waals surface area contributed by atoms with E-state index in [0.29, 0.717) is 11.3 Å². The molecule has 0 atom stereocenters. The summed E-state index contributed by atoms with van der Waals surface area (Å²) in [5.74, 6) is 1.25. The van der Waals surface area contributed by atoms with Crippen molar-refractivity contribution in [2.24, 2.45) is 5.10 Å². The summed E-state index contributed by atoms with van der Waals surface area (Å²) in [7, 11) is 3.21. The second kappa shape index (κ2) is 7.96. The molecule has 2 aromatic carbocycles. The second-order valence-corrected chi connectivity index (χ2v) is 5.88. The van der Waals surface area contributed by atoms with Crippen molar-refractivity contribution in [3.8, 4) is 11.5 Å². The minimum atomic E-state index is -0.265. The fourth-order valence-corrected chi connectivity index (χ4v) is 2.64. The van der Waals surface area contributed by atoms with Crippen LogP contribution in [0.4, 0.5) is 0 Å². The molecule has 0 aliphatic carbocycles. The van der Waals surface area contributed by atoms with Gasteiger partial charge in [0.25, 0.3) is 5.91 Å². The second-order valence-electron chi connectivity index (χ2n) is 4.72. The van der Waals surface area contributed by atoms with E-state index >= 15 is 0 Å². The lowest BCUT2D eigenvalue weighted by Crippen LogP contribution is -2.19. The van der Waals surface area contributed by atoms with E-state index in [-0.39, 0.29) is 5.91 Å². The van der Waals surface area contributed by atoms with E-state index in [1.54, 1.807) is 32.4 Å². The van der Waals surface area contributed by atoms with Crippen LogP contribution in [0.3, 0.4) is 0 Å². The van der Waals surface area contributed by atoms with E-state index < -0.39 is 0 Å². The monoisotopic (exact) mass is 424 g/mol. The van der Waals surface area contributed by atoms with Crippen molar-refractivity contribution in [1.82, 2.24) is 5.43 Å². The van der Waals surface area contributed by atoms with E-state index in [0.717, 1.165) is 20.6 Å². The van der Waals surface area contributed by atoms with Gasteiger partial charge in [-0.05, 0) is 77.5 Å². The molecule has 0 saturated carbocycles. The lowest BCUT2D eigenvalue weighted by molar-refractivity contribution is 0.0954. The predicted octanol–water partition coefficient (Wildman–Crippen LogP) is 3.46. The smallest absolute Gasteiger partial charge is 0.271 e. The maximum Gasteiger partial charge on any atom is 0.271 e. The Morgan fingerprint density at radius 1 is 1.04 bits per heavy atom. The van der Waals surface area contributed by atoms with Gasteiger partial charge in [0, 0.05) is 5.56 Å². The molecule has 120 valence electrons. The van der Waals surface area contributed by atoms with Gasteiger partial charge in [-0.3, -0.25) is 4.79 Å². The van der Waals surface area contributed by atoms with Gasteiger partial charge in [0.1, 0.15) is 11.5 Å². The molecule has 23 heavy (non-hydrogen) atoms. The number of halogens is 1.